The largest absolute Gasteiger partial charge is 0.472 e. The van der Waals surface area contributed by atoms with Crippen LogP contribution in [0.4, 0.5) is 0 Å². The lowest BCUT2D eigenvalue weighted by atomic mass is 9.99. The van der Waals surface area contributed by atoms with Gasteiger partial charge in [-0.3, -0.25) is 37.3 Å². The fraction of sp³-hybridized carbons (Fsp3) is 0.944. The van der Waals surface area contributed by atoms with Gasteiger partial charge < -0.3 is 33.8 Å². The number of unbranched alkanes of at least 4 members (excludes halogenated alkanes) is 39. The maximum atomic E-state index is 13.0. The predicted molar refractivity (Wildman–Crippen MR) is 368 cm³/mol. The van der Waals surface area contributed by atoms with Crippen molar-refractivity contribution in [1.82, 2.24) is 0 Å². The molecule has 19 heteroatoms. The molecule has 7 atom stereocenters. The number of aliphatic hydroxyl groups is 1. The molecule has 4 unspecified atom stereocenters. The van der Waals surface area contributed by atoms with Crippen molar-refractivity contribution < 1.29 is 80.2 Å². The monoisotopic (exact) mass is 1340 g/mol. The highest BCUT2D eigenvalue weighted by Gasteiger charge is 2.30. The summed E-state index contributed by atoms with van der Waals surface area (Å²) in [5, 5.41) is 10.6. The van der Waals surface area contributed by atoms with Crippen LogP contribution in [-0.2, 0) is 65.4 Å². The van der Waals surface area contributed by atoms with Crippen molar-refractivity contribution in [3.63, 3.8) is 0 Å². The molecule has 0 aromatic carbocycles. The van der Waals surface area contributed by atoms with E-state index in [2.05, 4.69) is 41.5 Å². The van der Waals surface area contributed by atoms with Crippen LogP contribution in [0.5, 0.6) is 0 Å². The average molecular weight is 1340 g/mol. The Hall–Kier alpha value is -1.94. The van der Waals surface area contributed by atoms with Crippen molar-refractivity contribution in [2.24, 2.45) is 11.8 Å². The summed E-state index contributed by atoms with van der Waals surface area (Å²) in [6.07, 6.45) is 49.7. The minimum atomic E-state index is -4.95. The Labute approximate surface area is 556 Å². The first-order valence-electron chi connectivity index (χ1n) is 37.6. The molecule has 0 aliphatic heterocycles. The van der Waals surface area contributed by atoms with Crippen LogP contribution in [0.3, 0.4) is 0 Å². The van der Waals surface area contributed by atoms with Crippen molar-refractivity contribution >= 4 is 39.5 Å². The molecule has 0 aliphatic carbocycles. The lowest BCUT2D eigenvalue weighted by molar-refractivity contribution is -0.161. The molecular weight excluding hydrogens is 1200 g/mol. The minimum absolute atomic E-state index is 0.107. The Morgan fingerprint density at radius 1 is 0.308 bits per heavy atom. The molecule has 91 heavy (non-hydrogen) atoms. The molecule has 540 valence electrons. The lowest BCUT2D eigenvalue weighted by Crippen LogP contribution is -2.30. The molecule has 0 saturated carbocycles. The summed E-state index contributed by atoms with van der Waals surface area (Å²) in [6, 6.07) is 0. The zero-order chi connectivity index (χ0) is 67.2. The first kappa shape index (κ1) is 89.1. The number of phosphoric acid groups is 2. The molecule has 3 N–H and O–H groups in total. The molecule has 0 aromatic rings. The fourth-order valence-electron chi connectivity index (χ4n) is 10.9. The summed E-state index contributed by atoms with van der Waals surface area (Å²) in [4.78, 5) is 72.6. The first-order chi connectivity index (χ1) is 43.9. The smallest absolute Gasteiger partial charge is 0.462 e. The Kier molecular flexibility index (Phi) is 62.7. The molecule has 0 aliphatic rings. The summed E-state index contributed by atoms with van der Waals surface area (Å²) in [5.41, 5.74) is 0. The van der Waals surface area contributed by atoms with Crippen molar-refractivity contribution in [3.8, 4) is 0 Å². The molecule has 0 bridgehead atoms. The van der Waals surface area contributed by atoms with Crippen molar-refractivity contribution in [1.29, 1.82) is 0 Å². The van der Waals surface area contributed by atoms with Crippen LogP contribution >= 0.6 is 15.6 Å². The van der Waals surface area contributed by atoms with Gasteiger partial charge in [0.1, 0.15) is 19.3 Å². The van der Waals surface area contributed by atoms with E-state index in [1.165, 1.54) is 186 Å². The zero-order valence-corrected chi connectivity index (χ0v) is 60.9. The highest BCUT2D eigenvalue weighted by atomic mass is 31.2. The van der Waals surface area contributed by atoms with Gasteiger partial charge >= 0.3 is 39.5 Å². The third-order valence-electron chi connectivity index (χ3n) is 17.4. The molecule has 0 heterocycles. The second kappa shape index (κ2) is 64.1. The number of aliphatic hydroxyl groups excluding tert-OH is 1. The van der Waals surface area contributed by atoms with E-state index in [4.69, 9.17) is 37.0 Å². The predicted octanol–water partition coefficient (Wildman–Crippen LogP) is 20.8. The second-order valence-electron chi connectivity index (χ2n) is 26.5. The molecule has 17 nitrogen and oxygen atoms in total. The van der Waals surface area contributed by atoms with E-state index in [1.54, 1.807) is 0 Å². The Balaban J connectivity index is 5.23. The molecule has 0 saturated heterocycles. The average Bonchev–Trinajstić information content (AvgIpc) is 3.73. The lowest BCUT2D eigenvalue weighted by Gasteiger charge is -2.21. The van der Waals surface area contributed by atoms with Gasteiger partial charge in [0.15, 0.2) is 12.2 Å². The molecule has 0 fully saturated rings. The van der Waals surface area contributed by atoms with Gasteiger partial charge in [-0.05, 0) is 37.5 Å². The molecule has 0 aromatic heterocycles. The van der Waals surface area contributed by atoms with Crippen molar-refractivity contribution in [3.05, 3.63) is 0 Å². The number of carbonyl (C=O) groups is 4. The number of esters is 4. The number of rotatable bonds is 71. The van der Waals surface area contributed by atoms with E-state index in [9.17, 15) is 43.2 Å². The quantitative estimate of drug-likeness (QED) is 0.0222. The minimum Gasteiger partial charge on any atom is -0.462 e. The van der Waals surface area contributed by atoms with Crippen molar-refractivity contribution in [2.45, 2.75) is 387 Å². The normalized spacial score (nSPS) is 14.7. The van der Waals surface area contributed by atoms with Crippen LogP contribution < -0.4 is 0 Å². The van der Waals surface area contributed by atoms with Crippen molar-refractivity contribution in [2.75, 3.05) is 39.6 Å². The number of carbonyl (C=O) groups excluding carboxylic acids is 4. The van der Waals surface area contributed by atoms with Gasteiger partial charge in [-0.15, -0.1) is 0 Å². The van der Waals surface area contributed by atoms with E-state index in [-0.39, 0.29) is 25.7 Å². The van der Waals surface area contributed by atoms with Gasteiger partial charge in [0.2, 0.25) is 0 Å². The first-order valence-corrected chi connectivity index (χ1v) is 40.6. The van der Waals surface area contributed by atoms with E-state index in [0.29, 0.717) is 25.7 Å². The molecule has 0 amide bonds. The van der Waals surface area contributed by atoms with E-state index < -0.39 is 97.5 Å². The fourth-order valence-corrected chi connectivity index (χ4v) is 12.5. The van der Waals surface area contributed by atoms with E-state index in [0.717, 1.165) is 102 Å². The number of hydrogen-bond acceptors (Lipinski definition) is 15. The molecule has 0 radical (unpaired) electrons. The van der Waals surface area contributed by atoms with Gasteiger partial charge in [-0.1, -0.05) is 318 Å². The van der Waals surface area contributed by atoms with Gasteiger partial charge in [0, 0.05) is 25.7 Å². The van der Waals surface area contributed by atoms with Crippen LogP contribution in [0.2, 0.25) is 0 Å². The maximum absolute atomic E-state index is 13.0. The summed E-state index contributed by atoms with van der Waals surface area (Å²) in [5.74, 6) is -0.498. The Bertz CT molecular complexity index is 1770. The third-order valence-corrected chi connectivity index (χ3v) is 19.3. The van der Waals surface area contributed by atoms with Gasteiger partial charge in [0.25, 0.3) is 0 Å². The molecule has 0 rings (SSSR count). The van der Waals surface area contributed by atoms with Crippen LogP contribution in [0.25, 0.3) is 0 Å². The summed E-state index contributed by atoms with van der Waals surface area (Å²) < 4.78 is 68.3. The topological polar surface area (TPSA) is 237 Å². The highest BCUT2D eigenvalue weighted by molar-refractivity contribution is 7.47. The Morgan fingerprint density at radius 3 is 0.780 bits per heavy atom. The number of phosphoric ester groups is 2. The number of ether oxygens (including phenoxy) is 4. The SMILES string of the molecule is CCCCCCCCCCCCCC(=O)O[C@H](COC(=O)CCCCCCCCCCCC)COP(=O)(O)OC[C@H](O)COP(=O)(O)OC[C@@H](COC(=O)CCCCCCCCCCC(C)CC)OC(=O)CCCCCCCCCCCCCCCCC(C)CC. The van der Waals surface area contributed by atoms with Gasteiger partial charge in [-0.25, -0.2) is 9.13 Å². The summed E-state index contributed by atoms with van der Waals surface area (Å²) in [7, 11) is -9.90. The van der Waals surface area contributed by atoms with E-state index >= 15 is 0 Å². The number of hydrogen-bond donors (Lipinski definition) is 3. The molecule has 0 spiro atoms. The maximum Gasteiger partial charge on any atom is 0.472 e. The third kappa shape index (κ3) is 63.9. The second-order valence-corrected chi connectivity index (χ2v) is 29.4. The van der Waals surface area contributed by atoms with Gasteiger partial charge in [-0.2, -0.15) is 0 Å². The van der Waals surface area contributed by atoms with E-state index in [1.807, 2.05) is 0 Å². The Morgan fingerprint density at radius 2 is 0.527 bits per heavy atom. The zero-order valence-electron chi connectivity index (χ0n) is 59.1. The van der Waals surface area contributed by atoms with Crippen LogP contribution in [0, 0.1) is 11.8 Å². The summed E-state index contributed by atoms with van der Waals surface area (Å²) >= 11 is 0. The van der Waals surface area contributed by atoms with Crippen LogP contribution in [0.15, 0.2) is 0 Å². The van der Waals surface area contributed by atoms with Gasteiger partial charge in [0.05, 0.1) is 26.4 Å². The highest BCUT2D eigenvalue weighted by Crippen LogP contribution is 2.45. The standard InChI is InChI=1S/C72H140O17P2/c1-7-11-13-15-17-19-25-30-38-44-50-56-71(76)88-67(60-82-69(74)54-48-42-36-29-20-18-16-14-12-8-2)62-86-90(78,79)84-58-66(73)59-85-91(80,81)87-63-68(61-83-70(75)55-49-43-37-33-32-35-41-47-53-65(6)10-4)89-72(77)57-51-45-39-31-27-24-22-21-23-26-28-34-40-46-52-64(5)9-3/h64-68,73H,7-63H2,1-6H3,(H,78,79)(H,80,81)/t64?,65?,66-,67+,68+/m0/s1. The van der Waals surface area contributed by atoms with Crippen LogP contribution in [-0.4, -0.2) is 96.7 Å². The summed E-state index contributed by atoms with van der Waals surface area (Å²) in [6.45, 7) is 9.61. The van der Waals surface area contributed by atoms with Crippen LogP contribution in [0.1, 0.15) is 369 Å². The molecular formula is C72H140O17P2.